The van der Waals surface area contributed by atoms with Crippen LogP contribution in [0.5, 0.6) is 0 Å². The molecule has 0 radical (unpaired) electrons. The van der Waals surface area contributed by atoms with E-state index in [0.29, 0.717) is 12.1 Å². The topological polar surface area (TPSA) is 60.9 Å². The summed E-state index contributed by atoms with van der Waals surface area (Å²) >= 11 is 0. The molecule has 2 aromatic rings. The molecular weight excluding hydrogens is 214 g/mol. The molecule has 1 atom stereocenters. The zero-order valence-electron chi connectivity index (χ0n) is 9.71. The van der Waals surface area contributed by atoms with Crippen molar-refractivity contribution in [2.75, 3.05) is 0 Å². The Balaban J connectivity index is 2.06. The van der Waals surface area contributed by atoms with Gasteiger partial charge in [0.15, 0.2) is 5.78 Å². The fraction of sp³-hybridized carbons (Fsp3) is 0.231. The van der Waals surface area contributed by atoms with E-state index in [1.165, 1.54) is 0 Å². The number of Topliss-reactive ketones (excluding diaryl/α,β-unsaturated/α-hetero) is 1. The highest BCUT2D eigenvalue weighted by Gasteiger charge is 2.18. The maximum atomic E-state index is 12.0. The third kappa shape index (κ3) is 2.79. The van der Waals surface area contributed by atoms with Crippen molar-refractivity contribution in [3.8, 4) is 0 Å². The fourth-order valence-corrected chi connectivity index (χ4v) is 1.70. The Bertz CT molecular complexity index is 504. The first-order valence-corrected chi connectivity index (χ1v) is 5.50. The van der Waals surface area contributed by atoms with E-state index in [0.717, 1.165) is 5.56 Å². The van der Waals surface area contributed by atoms with Gasteiger partial charge in [0.1, 0.15) is 5.69 Å². The van der Waals surface area contributed by atoms with Crippen LogP contribution in [0.25, 0.3) is 0 Å². The number of nitrogens with zero attached hydrogens (tertiary/aromatic N) is 2. The molecule has 1 aromatic heterocycles. The minimum absolute atomic E-state index is 0.116. The number of aryl methyl sites for hydroxylation is 1. The number of carbonyl (C=O) groups excluding carboxylic acids is 1. The molecule has 0 aliphatic heterocycles. The monoisotopic (exact) mass is 229 g/mol. The largest absolute Gasteiger partial charge is 0.321 e. The van der Waals surface area contributed by atoms with Crippen LogP contribution in [-0.4, -0.2) is 21.6 Å². The van der Waals surface area contributed by atoms with Crippen LogP contribution in [0.15, 0.2) is 42.6 Å². The normalized spacial score (nSPS) is 12.4. The summed E-state index contributed by atoms with van der Waals surface area (Å²) in [5.41, 5.74) is 7.38. The van der Waals surface area contributed by atoms with Gasteiger partial charge in [-0.05, 0) is 18.1 Å². The smallest absolute Gasteiger partial charge is 0.200 e. The van der Waals surface area contributed by atoms with Crippen LogP contribution >= 0.6 is 0 Å². The van der Waals surface area contributed by atoms with Gasteiger partial charge in [0.05, 0.1) is 6.04 Å². The molecule has 0 spiro atoms. The number of benzene rings is 1. The molecule has 0 amide bonds. The molecule has 17 heavy (non-hydrogen) atoms. The number of aromatic nitrogens is 2. The van der Waals surface area contributed by atoms with Crippen LogP contribution in [0.4, 0.5) is 0 Å². The molecule has 4 nitrogen and oxygen atoms in total. The molecule has 0 saturated heterocycles. The van der Waals surface area contributed by atoms with E-state index in [9.17, 15) is 4.79 Å². The van der Waals surface area contributed by atoms with Crippen molar-refractivity contribution in [3.05, 3.63) is 53.9 Å². The minimum Gasteiger partial charge on any atom is -0.321 e. The predicted octanol–water partition coefficient (Wildman–Crippen LogP) is 1.17. The maximum Gasteiger partial charge on any atom is 0.200 e. The van der Waals surface area contributed by atoms with Gasteiger partial charge >= 0.3 is 0 Å². The quantitative estimate of drug-likeness (QED) is 0.801. The molecule has 2 rings (SSSR count). The first-order valence-electron chi connectivity index (χ1n) is 5.50. The molecule has 1 aromatic carbocycles. The van der Waals surface area contributed by atoms with Crippen molar-refractivity contribution < 1.29 is 4.79 Å². The number of nitrogens with two attached hydrogens (primary N) is 1. The maximum absolute atomic E-state index is 12.0. The Labute approximate surface area is 100 Å². The summed E-state index contributed by atoms with van der Waals surface area (Å²) in [6.45, 7) is 0. The lowest BCUT2D eigenvalue weighted by molar-refractivity contribution is 0.0955. The molecular formula is C13H15N3O. The first-order chi connectivity index (χ1) is 8.16. The summed E-state index contributed by atoms with van der Waals surface area (Å²) in [5.74, 6) is -0.116. The number of hydrogen-bond acceptors (Lipinski definition) is 3. The number of hydrogen-bond donors (Lipinski definition) is 1. The zero-order chi connectivity index (χ0) is 12.3. The number of ketones is 1. The Hall–Kier alpha value is -1.94. The highest BCUT2D eigenvalue weighted by Crippen LogP contribution is 2.06. The fourth-order valence-electron chi connectivity index (χ4n) is 1.70. The first kappa shape index (κ1) is 11.5. The summed E-state index contributed by atoms with van der Waals surface area (Å²) in [6.07, 6.45) is 2.28. The molecule has 0 bridgehead atoms. The third-order valence-corrected chi connectivity index (χ3v) is 2.60. The van der Waals surface area contributed by atoms with Crippen molar-refractivity contribution in [2.24, 2.45) is 12.8 Å². The number of carbonyl (C=O) groups is 1. The molecule has 0 saturated carbocycles. The lowest BCUT2D eigenvalue weighted by Crippen LogP contribution is -2.33. The second kappa shape index (κ2) is 4.93. The van der Waals surface area contributed by atoms with Gasteiger partial charge in [-0.1, -0.05) is 30.3 Å². The highest BCUT2D eigenvalue weighted by atomic mass is 16.1. The average Bonchev–Trinajstić information content (AvgIpc) is 2.76. The van der Waals surface area contributed by atoms with E-state index in [1.807, 2.05) is 30.3 Å². The molecule has 0 aliphatic carbocycles. The van der Waals surface area contributed by atoms with Crippen LogP contribution in [0, 0.1) is 0 Å². The van der Waals surface area contributed by atoms with Gasteiger partial charge in [-0.3, -0.25) is 9.48 Å². The van der Waals surface area contributed by atoms with Crippen LogP contribution in [-0.2, 0) is 13.5 Å². The predicted molar refractivity (Wildman–Crippen MR) is 65.7 cm³/mol. The van der Waals surface area contributed by atoms with Crippen LogP contribution < -0.4 is 5.73 Å². The van der Waals surface area contributed by atoms with Crippen molar-refractivity contribution in [1.82, 2.24) is 9.78 Å². The lowest BCUT2D eigenvalue weighted by atomic mass is 10.0. The molecule has 4 heteroatoms. The zero-order valence-corrected chi connectivity index (χ0v) is 9.71. The van der Waals surface area contributed by atoms with E-state index >= 15 is 0 Å². The van der Waals surface area contributed by atoms with Crippen molar-refractivity contribution in [2.45, 2.75) is 12.5 Å². The summed E-state index contributed by atoms with van der Waals surface area (Å²) in [7, 11) is 1.78. The molecule has 1 unspecified atom stereocenters. The number of rotatable bonds is 4. The van der Waals surface area contributed by atoms with Crippen molar-refractivity contribution in [1.29, 1.82) is 0 Å². The SMILES string of the molecule is Cn1ccc(C(=O)C(N)Cc2ccccc2)n1. The van der Waals surface area contributed by atoms with Crippen LogP contribution in [0.2, 0.25) is 0 Å². The Morgan fingerprint density at radius 1 is 1.35 bits per heavy atom. The minimum atomic E-state index is -0.535. The molecule has 0 fully saturated rings. The molecule has 88 valence electrons. The van der Waals surface area contributed by atoms with Gasteiger partial charge in [0.2, 0.25) is 0 Å². The van der Waals surface area contributed by atoms with Gasteiger partial charge < -0.3 is 5.73 Å². The van der Waals surface area contributed by atoms with Gasteiger partial charge in [0.25, 0.3) is 0 Å². The van der Waals surface area contributed by atoms with E-state index in [2.05, 4.69) is 5.10 Å². The van der Waals surface area contributed by atoms with Crippen LogP contribution in [0.3, 0.4) is 0 Å². The van der Waals surface area contributed by atoms with Gasteiger partial charge in [-0.25, -0.2) is 0 Å². The summed E-state index contributed by atoms with van der Waals surface area (Å²) < 4.78 is 1.60. The van der Waals surface area contributed by atoms with E-state index in [4.69, 9.17) is 5.73 Å². The Morgan fingerprint density at radius 3 is 2.65 bits per heavy atom. The van der Waals surface area contributed by atoms with Crippen LogP contribution in [0.1, 0.15) is 16.1 Å². The van der Waals surface area contributed by atoms with Gasteiger partial charge in [0, 0.05) is 13.2 Å². The highest BCUT2D eigenvalue weighted by molar-refractivity contribution is 5.98. The van der Waals surface area contributed by atoms with E-state index < -0.39 is 6.04 Å². The van der Waals surface area contributed by atoms with Crippen molar-refractivity contribution in [3.63, 3.8) is 0 Å². The second-order valence-electron chi connectivity index (χ2n) is 4.04. The lowest BCUT2D eigenvalue weighted by Gasteiger charge is -2.08. The Morgan fingerprint density at radius 2 is 2.06 bits per heavy atom. The third-order valence-electron chi connectivity index (χ3n) is 2.60. The Kier molecular flexibility index (Phi) is 3.35. The van der Waals surface area contributed by atoms with Crippen molar-refractivity contribution >= 4 is 5.78 Å². The molecule has 1 heterocycles. The summed E-state index contributed by atoms with van der Waals surface area (Å²) in [4.78, 5) is 12.0. The molecule has 2 N–H and O–H groups in total. The molecule has 0 aliphatic rings. The summed E-state index contributed by atoms with van der Waals surface area (Å²) in [5, 5.41) is 4.06. The van der Waals surface area contributed by atoms with E-state index in [-0.39, 0.29) is 5.78 Å². The standard InChI is InChI=1S/C13H15N3O/c1-16-8-7-12(15-16)13(17)11(14)9-10-5-3-2-4-6-10/h2-8,11H,9,14H2,1H3. The second-order valence-corrected chi connectivity index (χ2v) is 4.04. The average molecular weight is 229 g/mol. The van der Waals surface area contributed by atoms with Gasteiger partial charge in [-0.15, -0.1) is 0 Å². The van der Waals surface area contributed by atoms with Gasteiger partial charge in [-0.2, -0.15) is 5.10 Å². The van der Waals surface area contributed by atoms with E-state index in [1.54, 1.807) is 24.0 Å². The summed E-state index contributed by atoms with van der Waals surface area (Å²) in [6, 6.07) is 10.9.